The summed E-state index contributed by atoms with van der Waals surface area (Å²) >= 11 is 7.45. The van der Waals surface area contributed by atoms with Gasteiger partial charge in [0.05, 0.1) is 11.4 Å². The molecule has 0 amide bonds. The molecule has 1 atom stereocenters. The molecule has 86 valence electrons. The van der Waals surface area contributed by atoms with Crippen molar-refractivity contribution in [2.24, 2.45) is 0 Å². The second-order valence-corrected chi connectivity index (χ2v) is 9.29. The van der Waals surface area contributed by atoms with E-state index in [1.54, 1.807) is 11.4 Å². The normalized spacial score (nSPS) is 11.5. The van der Waals surface area contributed by atoms with E-state index in [4.69, 9.17) is 11.8 Å². The molecule has 0 radical (unpaired) electrons. The van der Waals surface area contributed by atoms with Crippen molar-refractivity contribution in [1.82, 2.24) is 0 Å². The molecule has 0 N–H and O–H groups in total. The van der Waals surface area contributed by atoms with Crippen LogP contribution in [0.5, 0.6) is 0 Å². The Bertz CT molecular complexity index is 443. The van der Waals surface area contributed by atoms with Crippen molar-refractivity contribution < 1.29 is 0 Å². The molecule has 0 heterocycles. The number of rotatable bonds is 4. The van der Waals surface area contributed by atoms with E-state index in [2.05, 4.69) is 66.9 Å². The third kappa shape index (κ3) is 3.16. The highest BCUT2D eigenvalue weighted by Crippen LogP contribution is 2.53. The lowest BCUT2D eigenvalue weighted by Gasteiger charge is -2.09. The molecular formula is C14H14PS2+. The van der Waals surface area contributed by atoms with E-state index in [9.17, 15) is 0 Å². The zero-order chi connectivity index (χ0) is 12.1. The van der Waals surface area contributed by atoms with Gasteiger partial charge >= 0.3 is 0 Å². The van der Waals surface area contributed by atoms with Gasteiger partial charge in [-0.2, -0.15) is 0 Å². The molecule has 0 aliphatic carbocycles. The minimum absolute atomic E-state index is 0.359. The Morgan fingerprint density at radius 2 is 1.29 bits per heavy atom. The fourth-order valence-electron chi connectivity index (χ4n) is 1.81. The Kier molecular flexibility index (Phi) is 4.73. The lowest BCUT2D eigenvalue weighted by Crippen LogP contribution is -1.94. The van der Waals surface area contributed by atoms with Crippen molar-refractivity contribution in [3.8, 4) is 0 Å². The Labute approximate surface area is 113 Å². The van der Waals surface area contributed by atoms with Gasteiger partial charge in [0.2, 0.25) is 0 Å². The van der Waals surface area contributed by atoms with Crippen LogP contribution >= 0.6 is 17.3 Å². The van der Waals surface area contributed by atoms with Crippen molar-refractivity contribution in [1.29, 1.82) is 0 Å². The average molecular weight is 277 g/mol. The van der Waals surface area contributed by atoms with Gasteiger partial charge in [-0.1, -0.05) is 60.7 Å². The Morgan fingerprint density at radius 1 is 0.882 bits per heavy atom. The van der Waals surface area contributed by atoms with E-state index in [-0.39, 0.29) is 0 Å². The molecule has 0 bridgehead atoms. The Hall–Kier alpha value is -0.690. The summed E-state index contributed by atoms with van der Waals surface area (Å²) in [5, 5.41) is 0. The van der Waals surface area contributed by atoms with E-state index < -0.39 is 5.90 Å². The van der Waals surface area contributed by atoms with E-state index in [1.165, 1.54) is 11.1 Å². The summed E-state index contributed by atoms with van der Waals surface area (Å²) in [6.07, 6.45) is 2.11. The number of hydrogen-bond acceptors (Lipinski definition) is 2. The molecule has 2 aromatic rings. The van der Waals surface area contributed by atoms with Crippen LogP contribution < -0.4 is 0 Å². The van der Waals surface area contributed by atoms with Crippen molar-refractivity contribution in [3.05, 3.63) is 71.8 Å². The van der Waals surface area contributed by atoms with Gasteiger partial charge in [0.15, 0.2) is 17.5 Å². The van der Waals surface area contributed by atoms with Gasteiger partial charge in [-0.3, -0.25) is 0 Å². The maximum Gasteiger partial charge on any atom is 0.257 e. The number of benzene rings is 2. The first kappa shape index (κ1) is 12.8. The van der Waals surface area contributed by atoms with E-state index in [1.807, 2.05) is 0 Å². The SMILES string of the molecule is CS[P+](=S)C(c1ccccc1)c1ccccc1. The first-order valence-electron chi connectivity index (χ1n) is 5.43. The zero-order valence-electron chi connectivity index (χ0n) is 9.61. The Balaban J connectivity index is 2.43. The van der Waals surface area contributed by atoms with Crippen LogP contribution in [-0.4, -0.2) is 6.26 Å². The molecule has 0 aliphatic rings. The molecule has 3 heteroatoms. The first-order valence-corrected chi connectivity index (χ1v) is 9.68. The minimum Gasteiger partial charge on any atom is -0.0622 e. The van der Waals surface area contributed by atoms with Gasteiger partial charge in [-0.05, 0) is 0 Å². The largest absolute Gasteiger partial charge is 0.257 e. The fourth-order valence-corrected chi connectivity index (χ4v) is 4.95. The second-order valence-electron chi connectivity index (χ2n) is 3.69. The third-order valence-corrected chi connectivity index (χ3v) is 7.69. The molecule has 2 aromatic carbocycles. The fraction of sp³-hybridized carbons (Fsp3) is 0.143. The van der Waals surface area contributed by atoms with Crippen LogP contribution in [0.4, 0.5) is 0 Å². The summed E-state index contributed by atoms with van der Waals surface area (Å²) in [7, 11) is 0. The van der Waals surface area contributed by atoms with Gasteiger partial charge in [0, 0.05) is 17.4 Å². The predicted molar refractivity (Wildman–Crippen MR) is 82.5 cm³/mol. The van der Waals surface area contributed by atoms with Gasteiger partial charge in [-0.15, -0.1) is 0 Å². The van der Waals surface area contributed by atoms with Crippen LogP contribution in [0.15, 0.2) is 60.7 Å². The van der Waals surface area contributed by atoms with Crippen molar-refractivity contribution in [2.45, 2.75) is 5.66 Å². The van der Waals surface area contributed by atoms with Crippen LogP contribution in [0.1, 0.15) is 16.8 Å². The molecular weight excluding hydrogens is 263 g/mol. The topological polar surface area (TPSA) is 0 Å². The highest BCUT2D eigenvalue weighted by Gasteiger charge is 2.28. The summed E-state index contributed by atoms with van der Waals surface area (Å²) in [5.41, 5.74) is 3.01. The van der Waals surface area contributed by atoms with Gasteiger partial charge in [-0.25, -0.2) is 0 Å². The van der Waals surface area contributed by atoms with Crippen LogP contribution in [-0.2, 0) is 11.8 Å². The van der Waals surface area contributed by atoms with E-state index in [0.717, 1.165) is 0 Å². The average Bonchev–Trinajstić information content (AvgIpc) is 2.41. The molecule has 0 fully saturated rings. The van der Waals surface area contributed by atoms with Gasteiger partial charge in [0.1, 0.15) is 0 Å². The molecule has 0 aliphatic heterocycles. The van der Waals surface area contributed by atoms with Crippen LogP contribution in [0, 0.1) is 0 Å². The molecule has 0 saturated heterocycles. The molecule has 2 rings (SSSR count). The summed E-state index contributed by atoms with van der Waals surface area (Å²) in [5.74, 6) is -0.494. The standard InChI is InChI=1S/C14H14PS2/c1-17-15(16)14(12-8-4-2-5-9-12)13-10-6-3-7-11-13/h2-11,14H,1H3/q+1. The zero-order valence-corrected chi connectivity index (χ0v) is 12.1. The lowest BCUT2D eigenvalue weighted by atomic mass is 10.0. The van der Waals surface area contributed by atoms with Crippen molar-refractivity contribution >= 4 is 29.1 Å². The maximum atomic E-state index is 5.65. The lowest BCUT2D eigenvalue weighted by molar-refractivity contribution is 1.16. The second kappa shape index (κ2) is 6.30. The minimum atomic E-state index is -0.494. The maximum absolute atomic E-state index is 5.65. The molecule has 0 saturated carbocycles. The highest BCUT2D eigenvalue weighted by atomic mass is 32.9. The highest BCUT2D eigenvalue weighted by molar-refractivity contribution is 8.64. The third-order valence-electron chi connectivity index (χ3n) is 2.62. The Morgan fingerprint density at radius 3 is 1.65 bits per heavy atom. The number of hydrogen-bond donors (Lipinski definition) is 0. The molecule has 0 spiro atoms. The van der Waals surface area contributed by atoms with Crippen LogP contribution in [0.3, 0.4) is 0 Å². The molecule has 1 unspecified atom stereocenters. The van der Waals surface area contributed by atoms with Gasteiger partial charge < -0.3 is 0 Å². The smallest absolute Gasteiger partial charge is 0.0622 e. The first-order chi connectivity index (χ1) is 8.33. The molecule has 17 heavy (non-hydrogen) atoms. The predicted octanol–water partition coefficient (Wildman–Crippen LogP) is 5.00. The van der Waals surface area contributed by atoms with Crippen LogP contribution in [0.25, 0.3) is 0 Å². The molecule has 0 aromatic heterocycles. The summed E-state index contributed by atoms with van der Waals surface area (Å²) in [6, 6.07) is 21.2. The van der Waals surface area contributed by atoms with Crippen molar-refractivity contribution in [3.63, 3.8) is 0 Å². The summed E-state index contributed by atoms with van der Waals surface area (Å²) in [4.78, 5) is 0. The van der Waals surface area contributed by atoms with Crippen molar-refractivity contribution in [2.75, 3.05) is 6.26 Å². The molecule has 0 nitrogen and oxygen atoms in total. The monoisotopic (exact) mass is 277 g/mol. The quantitative estimate of drug-likeness (QED) is 0.721. The summed E-state index contributed by atoms with van der Waals surface area (Å²) < 4.78 is 0. The van der Waals surface area contributed by atoms with Crippen LogP contribution in [0.2, 0.25) is 0 Å². The van der Waals surface area contributed by atoms with Gasteiger partial charge in [0.25, 0.3) is 5.90 Å². The summed E-state index contributed by atoms with van der Waals surface area (Å²) in [6.45, 7) is 0. The van der Waals surface area contributed by atoms with E-state index in [0.29, 0.717) is 5.66 Å². The van der Waals surface area contributed by atoms with E-state index >= 15 is 0 Å².